The fourth-order valence-corrected chi connectivity index (χ4v) is 5.83. The van der Waals surface area contributed by atoms with Crippen LogP contribution in [0.4, 0.5) is 5.13 Å². The number of rotatable bonds is 7. The molecule has 0 unspecified atom stereocenters. The Morgan fingerprint density at radius 2 is 1.82 bits per heavy atom. The second-order valence-electron chi connectivity index (χ2n) is 8.36. The zero-order valence-electron chi connectivity index (χ0n) is 19.5. The summed E-state index contributed by atoms with van der Waals surface area (Å²) in [5.41, 5.74) is 3.19. The molecule has 0 atom stereocenters. The molecular formula is C25H26N4O3S2. The minimum absolute atomic E-state index is 0.148. The van der Waals surface area contributed by atoms with E-state index in [9.17, 15) is 13.2 Å². The van der Waals surface area contributed by atoms with Crippen LogP contribution in [0.3, 0.4) is 0 Å². The molecule has 2 heterocycles. The summed E-state index contributed by atoms with van der Waals surface area (Å²) < 4.78 is 27.9. The van der Waals surface area contributed by atoms with Crippen LogP contribution in [-0.4, -0.2) is 41.7 Å². The summed E-state index contributed by atoms with van der Waals surface area (Å²) in [6, 6.07) is 15.6. The number of hydrogen-bond acceptors (Lipinski definition) is 6. The summed E-state index contributed by atoms with van der Waals surface area (Å²) >= 11 is 1.45. The van der Waals surface area contributed by atoms with E-state index in [0.717, 1.165) is 21.3 Å². The van der Waals surface area contributed by atoms with Gasteiger partial charge in [-0.2, -0.15) is 4.31 Å². The lowest BCUT2D eigenvalue weighted by Crippen LogP contribution is -2.33. The maximum Gasteiger partial charge on any atom is 0.260 e. The Balaban J connectivity index is 1.70. The van der Waals surface area contributed by atoms with E-state index >= 15 is 0 Å². The van der Waals surface area contributed by atoms with Gasteiger partial charge in [-0.1, -0.05) is 23.5 Å². The van der Waals surface area contributed by atoms with E-state index in [1.807, 2.05) is 51.1 Å². The number of aryl methyl sites for hydroxylation is 1. The monoisotopic (exact) mass is 494 g/mol. The van der Waals surface area contributed by atoms with Gasteiger partial charge in [-0.25, -0.2) is 13.4 Å². The Hall–Kier alpha value is -3.14. The molecule has 176 valence electrons. The van der Waals surface area contributed by atoms with E-state index in [2.05, 4.69) is 4.98 Å². The van der Waals surface area contributed by atoms with Crippen LogP contribution < -0.4 is 4.90 Å². The molecule has 7 nitrogen and oxygen atoms in total. The van der Waals surface area contributed by atoms with Crippen LogP contribution in [0.1, 0.15) is 35.3 Å². The molecule has 0 N–H and O–H groups in total. The summed E-state index contributed by atoms with van der Waals surface area (Å²) in [6.07, 6.45) is 3.40. The number of benzene rings is 2. The normalized spacial score (nSPS) is 11.9. The van der Waals surface area contributed by atoms with Gasteiger partial charge in [-0.05, 0) is 74.4 Å². The lowest BCUT2D eigenvalue weighted by molar-refractivity contribution is 0.0985. The minimum Gasteiger partial charge on any atom is -0.279 e. The molecule has 9 heteroatoms. The molecule has 1 amide bonds. The molecule has 2 aromatic carbocycles. The number of fused-ring (bicyclic) bond motifs is 1. The number of pyridine rings is 1. The Morgan fingerprint density at radius 3 is 2.47 bits per heavy atom. The van der Waals surface area contributed by atoms with Crippen molar-refractivity contribution >= 4 is 42.6 Å². The standard InChI is InChI=1S/C25H26N4O3S2/c1-17(2)28(4)34(31,32)21-10-8-20(9-11-21)24(30)29(16-19-6-5-13-26-15-19)25-27-22-12-7-18(3)14-23(22)33-25/h5-15,17H,16H2,1-4H3. The molecule has 0 aliphatic rings. The molecule has 0 aliphatic carbocycles. The number of thiazole rings is 1. The summed E-state index contributed by atoms with van der Waals surface area (Å²) in [6.45, 7) is 5.93. The highest BCUT2D eigenvalue weighted by Gasteiger charge is 2.25. The van der Waals surface area contributed by atoms with Crippen molar-refractivity contribution in [2.24, 2.45) is 0 Å². The quantitative estimate of drug-likeness (QED) is 0.366. The average molecular weight is 495 g/mol. The van der Waals surface area contributed by atoms with Gasteiger partial charge < -0.3 is 0 Å². The summed E-state index contributed by atoms with van der Waals surface area (Å²) in [7, 11) is -2.09. The van der Waals surface area contributed by atoms with Gasteiger partial charge in [0.15, 0.2) is 5.13 Å². The van der Waals surface area contributed by atoms with Crippen molar-refractivity contribution in [1.29, 1.82) is 0 Å². The maximum atomic E-state index is 13.6. The van der Waals surface area contributed by atoms with Crippen LogP contribution in [0.2, 0.25) is 0 Å². The Labute approximate surface area is 203 Å². The summed E-state index contributed by atoms with van der Waals surface area (Å²) in [5.74, 6) is -0.263. The lowest BCUT2D eigenvalue weighted by Gasteiger charge is -2.22. The lowest BCUT2D eigenvalue weighted by atomic mass is 10.2. The first-order chi connectivity index (χ1) is 16.2. The van der Waals surface area contributed by atoms with Crippen molar-refractivity contribution in [1.82, 2.24) is 14.3 Å². The molecule has 0 bridgehead atoms. The fraction of sp³-hybridized carbons (Fsp3) is 0.240. The van der Waals surface area contributed by atoms with E-state index in [4.69, 9.17) is 4.98 Å². The maximum absolute atomic E-state index is 13.6. The second kappa shape index (κ2) is 9.61. The van der Waals surface area contributed by atoms with Gasteiger partial charge in [0.2, 0.25) is 10.0 Å². The van der Waals surface area contributed by atoms with Gasteiger partial charge in [-0.15, -0.1) is 0 Å². The first kappa shape index (κ1) is 24.0. The van der Waals surface area contributed by atoms with E-state index in [-0.39, 0.29) is 16.8 Å². The highest BCUT2D eigenvalue weighted by Crippen LogP contribution is 2.31. The van der Waals surface area contributed by atoms with Crippen LogP contribution in [0.15, 0.2) is 71.9 Å². The van der Waals surface area contributed by atoms with E-state index in [1.165, 1.54) is 27.8 Å². The van der Waals surface area contributed by atoms with E-state index < -0.39 is 10.0 Å². The third kappa shape index (κ3) is 4.86. The first-order valence-corrected chi connectivity index (χ1v) is 13.1. The van der Waals surface area contributed by atoms with Crippen molar-refractivity contribution in [3.05, 3.63) is 83.7 Å². The molecule has 0 aliphatic heterocycles. The molecule has 0 saturated heterocycles. The smallest absolute Gasteiger partial charge is 0.260 e. The van der Waals surface area contributed by atoms with Crippen LogP contribution in [0.5, 0.6) is 0 Å². The molecular weight excluding hydrogens is 468 g/mol. The first-order valence-electron chi connectivity index (χ1n) is 10.8. The number of aromatic nitrogens is 2. The Bertz CT molecular complexity index is 1420. The number of hydrogen-bond donors (Lipinski definition) is 0. The van der Waals surface area contributed by atoms with Crippen LogP contribution in [0.25, 0.3) is 10.2 Å². The predicted molar refractivity (Wildman–Crippen MR) is 136 cm³/mol. The summed E-state index contributed by atoms with van der Waals surface area (Å²) in [5, 5.41) is 0.575. The summed E-state index contributed by atoms with van der Waals surface area (Å²) in [4.78, 5) is 24.2. The SMILES string of the molecule is Cc1ccc2nc(N(Cc3cccnc3)C(=O)c3ccc(S(=O)(=O)N(C)C(C)C)cc3)sc2c1. The van der Waals surface area contributed by atoms with Crippen LogP contribution >= 0.6 is 11.3 Å². The minimum atomic E-state index is -3.63. The largest absolute Gasteiger partial charge is 0.279 e. The van der Waals surface area contributed by atoms with Gasteiger partial charge in [-0.3, -0.25) is 14.7 Å². The highest BCUT2D eigenvalue weighted by atomic mass is 32.2. The third-order valence-electron chi connectivity index (χ3n) is 5.58. The van der Waals surface area contributed by atoms with Gasteiger partial charge in [0, 0.05) is 31.0 Å². The average Bonchev–Trinajstić information content (AvgIpc) is 3.25. The Morgan fingerprint density at radius 1 is 1.09 bits per heavy atom. The topological polar surface area (TPSA) is 83.5 Å². The van der Waals surface area contributed by atoms with Crippen molar-refractivity contribution in [3.8, 4) is 0 Å². The predicted octanol–water partition coefficient (Wildman–Crippen LogP) is 4.88. The molecule has 0 spiro atoms. The highest BCUT2D eigenvalue weighted by molar-refractivity contribution is 7.89. The molecule has 4 aromatic rings. The van der Waals surface area contributed by atoms with Crippen molar-refractivity contribution < 1.29 is 13.2 Å². The molecule has 34 heavy (non-hydrogen) atoms. The van der Waals surface area contributed by atoms with Crippen LogP contribution in [-0.2, 0) is 16.6 Å². The van der Waals surface area contributed by atoms with Crippen molar-refractivity contribution in [3.63, 3.8) is 0 Å². The molecule has 0 saturated carbocycles. The number of sulfonamides is 1. The van der Waals surface area contributed by atoms with E-state index in [1.54, 1.807) is 36.5 Å². The molecule has 2 aromatic heterocycles. The zero-order chi connectivity index (χ0) is 24.5. The molecule has 0 fully saturated rings. The van der Waals surface area contributed by atoms with Crippen molar-refractivity contribution in [2.45, 2.75) is 38.3 Å². The number of carbonyl (C=O) groups excluding carboxylic acids is 1. The number of anilines is 1. The second-order valence-corrected chi connectivity index (χ2v) is 11.4. The Kier molecular flexibility index (Phi) is 6.79. The van der Waals surface area contributed by atoms with Crippen LogP contribution in [0, 0.1) is 6.92 Å². The van der Waals surface area contributed by atoms with Gasteiger partial charge in [0.1, 0.15) is 0 Å². The number of carbonyl (C=O) groups is 1. The third-order valence-corrected chi connectivity index (χ3v) is 8.67. The number of amides is 1. The fourth-order valence-electron chi connectivity index (χ4n) is 3.40. The molecule has 0 radical (unpaired) electrons. The van der Waals surface area contributed by atoms with Crippen molar-refractivity contribution in [2.75, 3.05) is 11.9 Å². The number of nitrogens with zero attached hydrogens (tertiary/aromatic N) is 4. The van der Waals surface area contributed by atoms with Gasteiger partial charge in [0.25, 0.3) is 5.91 Å². The van der Waals surface area contributed by atoms with Gasteiger partial charge >= 0.3 is 0 Å². The van der Waals surface area contributed by atoms with E-state index in [0.29, 0.717) is 17.2 Å². The van der Waals surface area contributed by atoms with Gasteiger partial charge in [0.05, 0.1) is 21.7 Å². The molecule has 4 rings (SSSR count). The zero-order valence-corrected chi connectivity index (χ0v) is 21.1.